The van der Waals surface area contributed by atoms with Crippen molar-refractivity contribution in [3.05, 3.63) is 194 Å². The standard InChI is InChI=1S/C47H32N2O/c1-3-9-33(10-4-1)35-17-23-40(24-18-35)49(41-25-19-36(20-26-41)34-11-5-2-6-12-34)42-27-21-37(22-28-42)38-13-7-14-39(31-38)43-15-8-16-44-45-32-48-30-29-46(45)50-47(43)44/h1-32H. The molecule has 0 fully saturated rings. The maximum Gasteiger partial charge on any atom is 0.143 e. The molecule has 9 aromatic rings. The summed E-state index contributed by atoms with van der Waals surface area (Å²) < 4.78 is 6.33. The Labute approximate surface area is 291 Å². The normalized spacial score (nSPS) is 11.2. The Balaban J connectivity index is 1.07. The van der Waals surface area contributed by atoms with Gasteiger partial charge in [0.05, 0.1) is 0 Å². The van der Waals surface area contributed by atoms with Gasteiger partial charge in [-0.15, -0.1) is 0 Å². The van der Waals surface area contributed by atoms with Gasteiger partial charge in [0.25, 0.3) is 0 Å². The van der Waals surface area contributed by atoms with Crippen LogP contribution in [0.25, 0.3) is 66.4 Å². The number of furan rings is 1. The Hall–Kier alpha value is -6.71. The summed E-state index contributed by atoms with van der Waals surface area (Å²) in [6.45, 7) is 0. The lowest BCUT2D eigenvalue weighted by molar-refractivity contribution is 0.669. The van der Waals surface area contributed by atoms with E-state index in [0.717, 1.165) is 61.3 Å². The van der Waals surface area contributed by atoms with E-state index in [1.165, 1.54) is 22.3 Å². The topological polar surface area (TPSA) is 29.3 Å². The fourth-order valence-corrected chi connectivity index (χ4v) is 6.85. The van der Waals surface area contributed by atoms with Gasteiger partial charge in [0.15, 0.2) is 0 Å². The number of benzene rings is 7. The number of fused-ring (bicyclic) bond motifs is 3. The minimum absolute atomic E-state index is 0.850. The maximum atomic E-state index is 6.33. The third-order valence-electron chi connectivity index (χ3n) is 9.40. The molecule has 0 atom stereocenters. The SMILES string of the molecule is c1ccc(-c2ccc(N(c3ccc(-c4ccccc4)cc3)c3ccc(-c4cccc(-c5cccc6c5oc5ccncc56)c4)cc3)cc2)cc1. The number of pyridine rings is 1. The zero-order valence-corrected chi connectivity index (χ0v) is 27.3. The number of para-hydroxylation sites is 1. The summed E-state index contributed by atoms with van der Waals surface area (Å²) in [5.41, 5.74) is 14.3. The molecule has 0 spiro atoms. The molecule has 0 saturated carbocycles. The van der Waals surface area contributed by atoms with E-state index in [1.807, 2.05) is 12.3 Å². The van der Waals surface area contributed by atoms with Crippen LogP contribution in [0.4, 0.5) is 17.1 Å². The van der Waals surface area contributed by atoms with Crippen LogP contribution in [0.15, 0.2) is 199 Å². The Kier molecular flexibility index (Phi) is 7.49. The fourth-order valence-electron chi connectivity index (χ4n) is 6.85. The van der Waals surface area contributed by atoms with Crippen LogP contribution in [0.2, 0.25) is 0 Å². The lowest BCUT2D eigenvalue weighted by atomic mass is 9.97. The van der Waals surface area contributed by atoms with E-state index in [9.17, 15) is 0 Å². The first-order chi connectivity index (χ1) is 24.8. The van der Waals surface area contributed by atoms with Gasteiger partial charge in [-0.2, -0.15) is 0 Å². The zero-order valence-electron chi connectivity index (χ0n) is 27.3. The van der Waals surface area contributed by atoms with Crippen molar-refractivity contribution in [1.29, 1.82) is 0 Å². The molecular formula is C47H32N2O. The van der Waals surface area contributed by atoms with Crippen LogP contribution in [0.5, 0.6) is 0 Å². The molecule has 50 heavy (non-hydrogen) atoms. The number of hydrogen-bond acceptors (Lipinski definition) is 3. The number of nitrogens with zero attached hydrogens (tertiary/aromatic N) is 2. The summed E-state index contributed by atoms with van der Waals surface area (Å²) in [6, 6.07) is 64.5. The van der Waals surface area contributed by atoms with Gasteiger partial charge in [0.1, 0.15) is 11.2 Å². The highest BCUT2D eigenvalue weighted by Gasteiger charge is 2.15. The van der Waals surface area contributed by atoms with E-state index in [4.69, 9.17) is 4.42 Å². The lowest BCUT2D eigenvalue weighted by Gasteiger charge is -2.26. The van der Waals surface area contributed by atoms with E-state index in [-0.39, 0.29) is 0 Å². The van der Waals surface area contributed by atoms with Gasteiger partial charge >= 0.3 is 0 Å². The van der Waals surface area contributed by atoms with Gasteiger partial charge in [0, 0.05) is 45.8 Å². The molecule has 236 valence electrons. The van der Waals surface area contributed by atoms with E-state index in [2.05, 4.69) is 186 Å². The number of hydrogen-bond donors (Lipinski definition) is 0. The Morgan fingerprint density at radius 3 is 1.44 bits per heavy atom. The average molecular weight is 641 g/mol. The van der Waals surface area contributed by atoms with Crippen molar-refractivity contribution in [2.45, 2.75) is 0 Å². The highest BCUT2D eigenvalue weighted by atomic mass is 16.3. The molecule has 0 N–H and O–H groups in total. The van der Waals surface area contributed by atoms with Crippen molar-refractivity contribution < 1.29 is 4.42 Å². The molecule has 3 heteroatoms. The predicted octanol–water partition coefficient (Wildman–Crippen LogP) is 13.1. The molecule has 0 saturated heterocycles. The van der Waals surface area contributed by atoms with Crippen molar-refractivity contribution in [1.82, 2.24) is 4.98 Å². The number of rotatable bonds is 7. The Morgan fingerprint density at radius 1 is 0.380 bits per heavy atom. The highest BCUT2D eigenvalue weighted by molar-refractivity contribution is 6.09. The molecule has 9 rings (SSSR count). The smallest absolute Gasteiger partial charge is 0.143 e. The van der Waals surface area contributed by atoms with Crippen LogP contribution in [0, 0.1) is 0 Å². The first-order valence-electron chi connectivity index (χ1n) is 16.9. The summed E-state index contributed by atoms with van der Waals surface area (Å²) in [5, 5.41) is 2.11. The molecule has 0 bridgehead atoms. The van der Waals surface area contributed by atoms with E-state index < -0.39 is 0 Å². The average Bonchev–Trinajstić information content (AvgIpc) is 3.59. The molecule has 0 amide bonds. The minimum atomic E-state index is 0.850. The zero-order chi connectivity index (χ0) is 33.3. The summed E-state index contributed by atoms with van der Waals surface area (Å²) >= 11 is 0. The molecule has 0 unspecified atom stereocenters. The second-order valence-corrected chi connectivity index (χ2v) is 12.4. The largest absolute Gasteiger partial charge is 0.455 e. The first kappa shape index (κ1) is 29.4. The quantitative estimate of drug-likeness (QED) is 0.174. The molecule has 7 aromatic carbocycles. The molecule has 0 radical (unpaired) electrons. The van der Waals surface area contributed by atoms with Gasteiger partial charge in [-0.05, 0) is 87.5 Å². The van der Waals surface area contributed by atoms with Crippen molar-refractivity contribution in [2.75, 3.05) is 4.90 Å². The fraction of sp³-hybridized carbons (Fsp3) is 0. The van der Waals surface area contributed by atoms with Crippen molar-refractivity contribution in [3.8, 4) is 44.5 Å². The monoisotopic (exact) mass is 640 g/mol. The number of anilines is 3. The predicted molar refractivity (Wildman–Crippen MR) is 208 cm³/mol. The van der Waals surface area contributed by atoms with E-state index in [0.29, 0.717) is 0 Å². The third-order valence-corrected chi connectivity index (χ3v) is 9.40. The number of aromatic nitrogens is 1. The second-order valence-electron chi connectivity index (χ2n) is 12.4. The van der Waals surface area contributed by atoms with Gasteiger partial charge < -0.3 is 9.32 Å². The summed E-state index contributed by atoms with van der Waals surface area (Å²) in [4.78, 5) is 6.64. The van der Waals surface area contributed by atoms with Gasteiger partial charge in [-0.25, -0.2) is 0 Å². The lowest BCUT2D eigenvalue weighted by Crippen LogP contribution is -2.09. The molecule has 0 aliphatic rings. The molecule has 0 aliphatic heterocycles. The first-order valence-corrected chi connectivity index (χ1v) is 16.9. The summed E-state index contributed by atoms with van der Waals surface area (Å²) in [5.74, 6) is 0. The maximum absolute atomic E-state index is 6.33. The molecule has 3 nitrogen and oxygen atoms in total. The van der Waals surface area contributed by atoms with Crippen LogP contribution < -0.4 is 4.90 Å². The van der Waals surface area contributed by atoms with Crippen molar-refractivity contribution in [3.63, 3.8) is 0 Å². The van der Waals surface area contributed by atoms with Crippen molar-refractivity contribution in [2.24, 2.45) is 0 Å². The highest BCUT2D eigenvalue weighted by Crippen LogP contribution is 2.39. The molecule has 0 aliphatic carbocycles. The molecule has 2 heterocycles. The second kappa shape index (κ2) is 12.7. The van der Waals surface area contributed by atoms with E-state index in [1.54, 1.807) is 6.20 Å². The van der Waals surface area contributed by atoms with Gasteiger partial charge in [-0.1, -0.05) is 133 Å². The summed E-state index contributed by atoms with van der Waals surface area (Å²) in [6.07, 6.45) is 3.65. The summed E-state index contributed by atoms with van der Waals surface area (Å²) in [7, 11) is 0. The van der Waals surface area contributed by atoms with Gasteiger partial charge in [-0.3, -0.25) is 4.98 Å². The van der Waals surface area contributed by atoms with Gasteiger partial charge in [0.2, 0.25) is 0 Å². The van der Waals surface area contributed by atoms with Crippen LogP contribution >= 0.6 is 0 Å². The van der Waals surface area contributed by atoms with Crippen LogP contribution in [0.1, 0.15) is 0 Å². The minimum Gasteiger partial charge on any atom is -0.455 e. The molecular weight excluding hydrogens is 609 g/mol. The van der Waals surface area contributed by atoms with Crippen LogP contribution in [-0.2, 0) is 0 Å². The Bertz CT molecular complexity index is 2470. The Morgan fingerprint density at radius 2 is 0.860 bits per heavy atom. The van der Waals surface area contributed by atoms with Crippen LogP contribution in [0.3, 0.4) is 0 Å². The van der Waals surface area contributed by atoms with Crippen molar-refractivity contribution >= 4 is 39.0 Å². The molecule has 2 aromatic heterocycles. The third kappa shape index (κ3) is 5.51. The van der Waals surface area contributed by atoms with E-state index >= 15 is 0 Å². The van der Waals surface area contributed by atoms with Crippen LogP contribution in [-0.4, -0.2) is 4.98 Å².